The Labute approximate surface area is 117 Å². The van der Waals surface area contributed by atoms with Gasteiger partial charge < -0.3 is 5.32 Å². The molecular formula is C16H27N3. The van der Waals surface area contributed by atoms with Gasteiger partial charge in [-0.3, -0.25) is 9.80 Å². The van der Waals surface area contributed by atoms with E-state index in [0.717, 1.165) is 39.4 Å². The molecular weight excluding hydrogens is 234 g/mol. The summed E-state index contributed by atoms with van der Waals surface area (Å²) in [4.78, 5) is 4.94. The second-order valence-corrected chi connectivity index (χ2v) is 5.89. The standard InChI is InChI=1S/C16H27N3/c1-13-9-15(3)16(10-14(13)2)11-18(4)12-19-7-5-17-6-8-19/h9-10,17H,5-8,11-12H2,1-4H3. The molecule has 2 rings (SSSR count). The molecule has 1 aromatic carbocycles. The average Bonchev–Trinajstić information content (AvgIpc) is 2.37. The third-order valence-electron chi connectivity index (χ3n) is 4.04. The van der Waals surface area contributed by atoms with Gasteiger partial charge in [-0.2, -0.15) is 0 Å². The highest BCUT2D eigenvalue weighted by atomic mass is 15.3. The van der Waals surface area contributed by atoms with Crippen LogP contribution in [0.5, 0.6) is 0 Å². The van der Waals surface area contributed by atoms with Gasteiger partial charge in [0, 0.05) is 32.7 Å². The summed E-state index contributed by atoms with van der Waals surface area (Å²) in [5, 5.41) is 3.40. The summed E-state index contributed by atoms with van der Waals surface area (Å²) >= 11 is 0. The van der Waals surface area contributed by atoms with E-state index in [4.69, 9.17) is 0 Å². The quantitative estimate of drug-likeness (QED) is 0.893. The highest BCUT2D eigenvalue weighted by molar-refractivity contribution is 5.36. The van der Waals surface area contributed by atoms with Crippen molar-refractivity contribution in [1.29, 1.82) is 0 Å². The molecule has 1 fully saturated rings. The van der Waals surface area contributed by atoms with Gasteiger partial charge in [0.15, 0.2) is 0 Å². The number of aryl methyl sites for hydroxylation is 3. The molecule has 106 valence electrons. The lowest BCUT2D eigenvalue weighted by Gasteiger charge is -2.31. The number of nitrogens with zero attached hydrogens (tertiary/aromatic N) is 2. The van der Waals surface area contributed by atoms with Gasteiger partial charge in [0.05, 0.1) is 6.67 Å². The molecule has 3 nitrogen and oxygen atoms in total. The van der Waals surface area contributed by atoms with Gasteiger partial charge in [0.25, 0.3) is 0 Å². The topological polar surface area (TPSA) is 18.5 Å². The van der Waals surface area contributed by atoms with Gasteiger partial charge in [-0.05, 0) is 50.1 Å². The second kappa shape index (κ2) is 6.51. The molecule has 0 aliphatic carbocycles. The predicted octanol–water partition coefficient (Wildman–Crippen LogP) is 1.91. The van der Waals surface area contributed by atoms with Crippen LogP contribution in [0.1, 0.15) is 22.3 Å². The first-order valence-electron chi connectivity index (χ1n) is 7.24. The monoisotopic (exact) mass is 261 g/mol. The van der Waals surface area contributed by atoms with Crippen molar-refractivity contribution in [2.24, 2.45) is 0 Å². The van der Waals surface area contributed by atoms with Crippen molar-refractivity contribution in [3.63, 3.8) is 0 Å². The zero-order chi connectivity index (χ0) is 13.8. The van der Waals surface area contributed by atoms with Crippen molar-refractivity contribution in [1.82, 2.24) is 15.1 Å². The SMILES string of the molecule is Cc1cc(C)c(CN(C)CN2CCNCC2)cc1C. The summed E-state index contributed by atoms with van der Waals surface area (Å²) in [5.74, 6) is 0. The summed E-state index contributed by atoms with van der Waals surface area (Å²) in [6.07, 6.45) is 0. The highest BCUT2D eigenvalue weighted by Crippen LogP contribution is 2.16. The molecule has 0 radical (unpaired) electrons. The fraction of sp³-hybridized carbons (Fsp3) is 0.625. The predicted molar refractivity (Wildman–Crippen MR) is 81.4 cm³/mol. The summed E-state index contributed by atoms with van der Waals surface area (Å²) in [7, 11) is 2.22. The van der Waals surface area contributed by atoms with Crippen LogP contribution in [0.15, 0.2) is 12.1 Å². The van der Waals surface area contributed by atoms with Crippen molar-refractivity contribution in [2.75, 3.05) is 39.9 Å². The molecule has 0 aromatic heterocycles. The third-order valence-corrected chi connectivity index (χ3v) is 4.04. The Hall–Kier alpha value is -0.900. The Balaban J connectivity index is 1.94. The number of nitrogens with one attached hydrogen (secondary N) is 1. The average molecular weight is 261 g/mol. The van der Waals surface area contributed by atoms with E-state index in [2.05, 4.69) is 55.1 Å². The molecule has 0 unspecified atom stereocenters. The second-order valence-electron chi connectivity index (χ2n) is 5.89. The van der Waals surface area contributed by atoms with Gasteiger partial charge in [0.1, 0.15) is 0 Å². The molecule has 1 aromatic rings. The molecule has 0 amide bonds. The van der Waals surface area contributed by atoms with E-state index in [1.807, 2.05) is 0 Å². The number of piperazine rings is 1. The number of hydrogen-bond acceptors (Lipinski definition) is 3. The zero-order valence-corrected chi connectivity index (χ0v) is 12.8. The Morgan fingerprint density at radius 2 is 1.68 bits per heavy atom. The maximum Gasteiger partial charge on any atom is 0.0507 e. The molecule has 0 bridgehead atoms. The summed E-state index contributed by atoms with van der Waals surface area (Å²) in [6.45, 7) is 13.3. The molecule has 3 heteroatoms. The Morgan fingerprint density at radius 1 is 1.05 bits per heavy atom. The number of benzene rings is 1. The van der Waals surface area contributed by atoms with E-state index < -0.39 is 0 Å². The molecule has 0 spiro atoms. The fourth-order valence-electron chi connectivity index (χ4n) is 2.73. The molecule has 1 heterocycles. The first-order chi connectivity index (χ1) is 9.06. The molecule has 1 aliphatic rings. The lowest BCUT2D eigenvalue weighted by Crippen LogP contribution is -2.47. The summed E-state index contributed by atoms with van der Waals surface area (Å²) in [6, 6.07) is 4.66. The Kier molecular flexibility index (Phi) is 4.97. The number of hydrogen-bond donors (Lipinski definition) is 1. The van der Waals surface area contributed by atoms with Crippen LogP contribution >= 0.6 is 0 Å². The molecule has 0 saturated carbocycles. The van der Waals surface area contributed by atoms with E-state index in [1.54, 1.807) is 0 Å². The van der Waals surface area contributed by atoms with Crippen LogP contribution in [0.2, 0.25) is 0 Å². The van der Waals surface area contributed by atoms with Crippen LogP contribution in [-0.4, -0.2) is 49.7 Å². The van der Waals surface area contributed by atoms with Crippen LogP contribution in [0.4, 0.5) is 0 Å². The normalized spacial score (nSPS) is 17.1. The van der Waals surface area contributed by atoms with Crippen molar-refractivity contribution >= 4 is 0 Å². The smallest absolute Gasteiger partial charge is 0.0507 e. The largest absolute Gasteiger partial charge is 0.314 e. The zero-order valence-electron chi connectivity index (χ0n) is 12.8. The van der Waals surface area contributed by atoms with Crippen molar-refractivity contribution < 1.29 is 0 Å². The Morgan fingerprint density at radius 3 is 2.37 bits per heavy atom. The highest BCUT2D eigenvalue weighted by Gasteiger charge is 2.12. The maximum absolute atomic E-state index is 3.40. The molecule has 1 aliphatic heterocycles. The van der Waals surface area contributed by atoms with Crippen molar-refractivity contribution in [2.45, 2.75) is 27.3 Å². The van der Waals surface area contributed by atoms with Crippen molar-refractivity contribution in [3.05, 3.63) is 34.4 Å². The van der Waals surface area contributed by atoms with Gasteiger partial charge in [-0.25, -0.2) is 0 Å². The van der Waals surface area contributed by atoms with Crippen LogP contribution in [0, 0.1) is 20.8 Å². The van der Waals surface area contributed by atoms with E-state index in [0.29, 0.717) is 0 Å². The van der Waals surface area contributed by atoms with Crippen LogP contribution in [0.3, 0.4) is 0 Å². The molecule has 19 heavy (non-hydrogen) atoms. The van der Waals surface area contributed by atoms with Gasteiger partial charge in [0.2, 0.25) is 0 Å². The lowest BCUT2D eigenvalue weighted by atomic mass is 10.0. The minimum absolute atomic E-state index is 1.04. The Bertz CT molecular complexity index is 422. The van der Waals surface area contributed by atoms with E-state index in [9.17, 15) is 0 Å². The minimum Gasteiger partial charge on any atom is -0.314 e. The van der Waals surface area contributed by atoms with Gasteiger partial charge in [-0.1, -0.05) is 12.1 Å². The fourth-order valence-corrected chi connectivity index (χ4v) is 2.73. The molecule has 0 atom stereocenters. The van der Waals surface area contributed by atoms with E-state index in [1.165, 1.54) is 22.3 Å². The van der Waals surface area contributed by atoms with E-state index >= 15 is 0 Å². The minimum atomic E-state index is 1.04. The summed E-state index contributed by atoms with van der Waals surface area (Å²) < 4.78 is 0. The first kappa shape index (κ1) is 14.5. The van der Waals surface area contributed by atoms with Crippen molar-refractivity contribution in [3.8, 4) is 0 Å². The van der Waals surface area contributed by atoms with Gasteiger partial charge in [-0.15, -0.1) is 0 Å². The maximum atomic E-state index is 3.40. The van der Waals surface area contributed by atoms with Crippen LogP contribution in [0.25, 0.3) is 0 Å². The van der Waals surface area contributed by atoms with Crippen LogP contribution in [-0.2, 0) is 6.54 Å². The van der Waals surface area contributed by atoms with E-state index in [-0.39, 0.29) is 0 Å². The number of rotatable bonds is 4. The third kappa shape index (κ3) is 4.03. The first-order valence-corrected chi connectivity index (χ1v) is 7.24. The molecule has 1 N–H and O–H groups in total. The van der Waals surface area contributed by atoms with Crippen LogP contribution < -0.4 is 5.32 Å². The van der Waals surface area contributed by atoms with Gasteiger partial charge >= 0.3 is 0 Å². The lowest BCUT2D eigenvalue weighted by molar-refractivity contribution is 0.135. The summed E-state index contributed by atoms with van der Waals surface area (Å²) in [5.41, 5.74) is 5.66. The molecule has 1 saturated heterocycles.